The lowest BCUT2D eigenvalue weighted by Gasteiger charge is -2.40. The molecule has 0 aromatic rings. The summed E-state index contributed by atoms with van der Waals surface area (Å²) >= 11 is 5.81. The molecule has 16 heavy (non-hydrogen) atoms. The van der Waals surface area contributed by atoms with Crippen molar-refractivity contribution in [2.45, 2.75) is 51.2 Å². The van der Waals surface area contributed by atoms with E-state index in [4.69, 9.17) is 16.3 Å². The van der Waals surface area contributed by atoms with Gasteiger partial charge in [-0.05, 0) is 25.2 Å². The maximum Gasteiger partial charge on any atom is 0.223 e. The summed E-state index contributed by atoms with van der Waals surface area (Å²) in [5.41, 5.74) is -0.197. The van der Waals surface area contributed by atoms with Crippen LogP contribution in [-0.4, -0.2) is 30.5 Å². The number of rotatable bonds is 6. The van der Waals surface area contributed by atoms with Crippen molar-refractivity contribution in [1.82, 2.24) is 5.32 Å². The summed E-state index contributed by atoms with van der Waals surface area (Å²) in [5, 5.41) is 2.97. The summed E-state index contributed by atoms with van der Waals surface area (Å²) in [6, 6.07) is 0.0585. The molecule has 0 radical (unpaired) electrons. The van der Waals surface area contributed by atoms with Gasteiger partial charge in [0.15, 0.2) is 0 Å². The van der Waals surface area contributed by atoms with E-state index in [1.54, 1.807) is 7.11 Å². The van der Waals surface area contributed by atoms with Gasteiger partial charge in [-0.1, -0.05) is 13.8 Å². The van der Waals surface area contributed by atoms with E-state index in [0.717, 1.165) is 19.3 Å². The summed E-state index contributed by atoms with van der Waals surface area (Å²) in [7, 11) is 1.69. The van der Waals surface area contributed by atoms with Gasteiger partial charge in [-0.2, -0.15) is 0 Å². The van der Waals surface area contributed by atoms with Crippen LogP contribution in [0.5, 0.6) is 0 Å². The van der Waals surface area contributed by atoms with Gasteiger partial charge in [0.2, 0.25) is 5.91 Å². The first-order valence-electron chi connectivity index (χ1n) is 5.93. The molecule has 0 saturated heterocycles. The summed E-state index contributed by atoms with van der Waals surface area (Å²) in [6.07, 6.45) is 3.60. The number of hydrogen-bond donors (Lipinski definition) is 1. The van der Waals surface area contributed by atoms with E-state index >= 15 is 0 Å². The first-order chi connectivity index (χ1) is 7.53. The Morgan fingerprint density at radius 1 is 1.50 bits per heavy atom. The van der Waals surface area contributed by atoms with Gasteiger partial charge < -0.3 is 10.1 Å². The Bertz CT molecular complexity index is 234. The third-order valence-electron chi connectivity index (χ3n) is 3.50. The fourth-order valence-electron chi connectivity index (χ4n) is 1.96. The van der Waals surface area contributed by atoms with Gasteiger partial charge in [0.05, 0.1) is 12.0 Å². The molecule has 1 aliphatic carbocycles. The van der Waals surface area contributed by atoms with E-state index in [1.165, 1.54) is 0 Å². The summed E-state index contributed by atoms with van der Waals surface area (Å²) in [5.74, 6) is 0.880. The number of hydrogen-bond acceptors (Lipinski definition) is 2. The second kappa shape index (κ2) is 5.87. The Morgan fingerprint density at radius 2 is 2.12 bits per heavy atom. The molecule has 1 saturated carbocycles. The number of nitrogens with one attached hydrogen (secondary N) is 1. The van der Waals surface area contributed by atoms with Gasteiger partial charge in [0.25, 0.3) is 0 Å². The average molecular weight is 248 g/mol. The zero-order valence-electron chi connectivity index (χ0n) is 10.4. The van der Waals surface area contributed by atoms with Crippen molar-refractivity contribution in [3.63, 3.8) is 0 Å². The van der Waals surface area contributed by atoms with Gasteiger partial charge in [0, 0.05) is 19.0 Å². The highest BCUT2D eigenvalue weighted by Gasteiger charge is 2.39. The van der Waals surface area contributed by atoms with Crippen LogP contribution >= 0.6 is 11.6 Å². The van der Waals surface area contributed by atoms with E-state index in [2.05, 4.69) is 19.2 Å². The summed E-state index contributed by atoms with van der Waals surface area (Å²) in [6.45, 7) is 4.12. The molecule has 1 aliphatic rings. The van der Waals surface area contributed by atoms with Crippen LogP contribution in [0.4, 0.5) is 0 Å². The van der Waals surface area contributed by atoms with E-state index in [0.29, 0.717) is 18.2 Å². The number of halogens is 1. The molecule has 1 N–H and O–H groups in total. The van der Waals surface area contributed by atoms with Crippen molar-refractivity contribution >= 4 is 17.5 Å². The molecule has 0 aromatic heterocycles. The smallest absolute Gasteiger partial charge is 0.223 e. The zero-order valence-corrected chi connectivity index (χ0v) is 11.1. The average Bonchev–Trinajstić information content (AvgIpc) is 2.19. The van der Waals surface area contributed by atoms with Crippen molar-refractivity contribution < 1.29 is 9.53 Å². The molecule has 0 heterocycles. The molecule has 94 valence electrons. The van der Waals surface area contributed by atoms with Crippen molar-refractivity contribution in [3.8, 4) is 0 Å². The quantitative estimate of drug-likeness (QED) is 0.732. The van der Waals surface area contributed by atoms with Crippen LogP contribution in [0, 0.1) is 5.92 Å². The highest BCUT2D eigenvalue weighted by atomic mass is 35.5. The predicted octanol–water partition coefficient (Wildman–Crippen LogP) is 2.33. The predicted molar refractivity (Wildman–Crippen MR) is 65.7 cm³/mol. The first-order valence-corrected chi connectivity index (χ1v) is 6.47. The second-order valence-electron chi connectivity index (χ2n) is 4.99. The lowest BCUT2D eigenvalue weighted by molar-refractivity contribution is -0.135. The highest BCUT2D eigenvalue weighted by Crippen LogP contribution is 2.37. The van der Waals surface area contributed by atoms with Gasteiger partial charge in [-0.15, -0.1) is 11.6 Å². The van der Waals surface area contributed by atoms with E-state index in [9.17, 15) is 4.79 Å². The van der Waals surface area contributed by atoms with Crippen molar-refractivity contribution in [2.24, 2.45) is 5.92 Å². The lowest BCUT2D eigenvalue weighted by atomic mass is 9.77. The van der Waals surface area contributed by atoms with Crippen LogP contribution in [0.15, 0.2) is 0 Å². The van der Waals surface area contributed by atoms with Crippen molar-refractivity contribution in [3.05, 3.63) is 0 Å². The monoisotopic (exact) mass is 247 g/mol. The molecular weight excluding hydrogens is 226 g/mol. The topological polar surface area (TPSA) is 38.3 Å². The third-order valence-corrected chi connectivity index (χ3v) is 3.83. The van der Waals surface area contributed by atoms with Crippen LogP contribution in [0.25, 0.3) is 0 Å². The Hall–Kier alpha value is -0.280. The Balaban J connectivity index is 2.40. The summed E-state index contributed by atoms with van der Waals surface area (Å²) in [4.78, 5) is 11.8. The molecule has 1 rings (SSSR count). The minimum Gasteiger partial charge on any atom is -0.378 e. The Morgan fingerprint density at radius 3 is 2.44 bits per heavy atom. The van der Waals surface area contributed by atoms with Crippen LogP contribution in [0.1, 0.15) is 39.5 Å². The normalized spacial score (nSPS) is 20.3. The van der Waals surface area contributed by atoms with Gasteiger partial charge >= 0.3 is 0 Å². The molecule has 4 heteroatoms. The van der Waals surface area contributed by atoms with Gasteiger partial charge in [-0.3, -0.25) is 4.79 Å². The maximum absolute atomic E-state index is 11.8. The minimum atomic E-state index is -0.197. The van der Waals surface area contributed by atoms with Crippen molar-refractivity contribution in [1.29, 1.82) is 0 Å². The molecule has 0 aromatic carbocycles. The number of alkyl halides is 1. The SMILES string of the molecule is COC1(CC(=O)NC(CCl)C(C)C)CCC1. The van der Waals surface area contributed by atoms with E-state index in [-0.39, 0.29) is 17.6 Å². The maximum atomic E-state index is 11.8. The Kier molecular flexibility index (Phi) is 5.06. The third kappa shape index (κ3) is 3.36. The first kappa shape index (κ1) is 13.8. The number of ether oxygens (including phenoxy) is 1. The number of methoxy groups -OCH3 is 1. The minimum absolute atomic E-state index is 0.0564. The molecular formula is C12H22ClNO2. The van der Waals surface area contributed by atoms with Crippen LogP contribution in [0.2, 0.25) is 0 Å². The molecule has 1 amide bonds. The molecule has 1 unspecified atom stereocenters. The molecule has 0 bridgehead atoms. The highest BCUT2D eigenvalue weighted by molar-refractivity contribution is 6.18. The second-order valence-corrected chi connectivity index (χ2v) is 5.30. The number of carbonyl (C=O) groups is 1. The van der Waals surface area contributed by atoms with Gasteiger partial charge in [0.1, 0.15) is 0 Å². The fraction of sp³-hybridized carbons (Fsp3) is 0.917. The van der Waals surface area contributed by atoms with Crippen LogP contribution < -0.4 is 5.32 Å². The van der Waals surface area contributed by atoms with E-state index < -0.39 is 0 Å². The molecule has 1 fully saturated rings. The van der Waals surface area contributed by atoms with Gasteiger partial charge in [-0.25, -0.2) is 0 Å². The van der Waals surface area contributed by atoms with Crippen LogP contribution in [0.3, 0.4) is 0 Å². The zero-order chi connectivity index (χ0) is 12.2. The Labute approximate surface area is 103 Å². The number of carbonyl (C=O) groups excluding carboxylic acids is 1. The standard InChI is InChI=1S/C12H22ClNO2/c1-9(2)10(8-13)14-11(15)7-12(16-3)5-4-6-12/h9-10H,4-8H2,1-3H3,(H,14,15). The molecule has 0 aliphatic heterocycles. The molecule has 0 spiro atoms. The van der Waals surface area contributed by atoms with Crippen molar-refractivity contribution in [2.75, 3.05) is 13.0 Å². The van der Waals surface area contributed by atoms with E-state index in [1.807, 2.05) is 0 Å². The largest absolute Gasteiger partial charge is 0.378 e. The molecule has 3 nitrogen and oxygen atoms in total. The fourth-order valence-corrected chi connectivity index (χ4v) is 2.39. The summed E-state index contributed by atoms with van der Waals surface area (Å²) < 4.78 is 5.43. The number of amides is 1. The lowest BCUT2D eigenvalue weighted by Crippen LogP contribution is -2.47. The van der Waals surface area contributed by atoms with Crippen LogP contribution in [-0.2, 0) is 9.53 Å². The molecule has 1 atom stereocenters.